The molecule has 9 aromatic carbocycles. The second-order valence-corrected chi connectivity index (χ2v) is 16.0. The maximum Gasteiger partial charge on any atom is 0.160 e. The lowest BCUT2D eigenvalue weighted by molar-refractivity contribution is 0.669. The van der Waals surface area contributed by atoms with Crippen molar-refractivity contribution >= 4 is 21.9 Å². The number of aromatic nitrogens is 2. The van der Waals surface area contributed by atoms with Crippen molar-refractivity contribution in [3.8, 4) is 67.3 Å². The number of hydrogen-bond acceptors (Lipinski definition) is 3. The van der Waals surface area contributed by atoms with E-state index in [4.69, 9.17) is 14.4 Å². The van der Waals surface area contributed by atoms with Crippen LogP contribution >= 0.6 is 0 Å². The van der Waals surface area contributed by atoms with Gasteiger partial charge < -0.3 is 4.42 Å². The fourth-order valence-electron chi connectivity index (χ4n) is 9.86. The molecule has 0 unspecified atom stereocenters. The Balaban J connectivity index is 1.05. The third-order valence-corrected chi connectivity index (χ3v) is 12.6. The zero-order valence-corrected chi connectivity index (χ0v) is 33.7. The van der Waals surface area contributed by atoms with Crippen LogP contribution in [0.1, 0.15) is 22.3 Å². The van der Waals surface area contributed by atoms with Crippen LogP contribution in [0.4, 0.5) is 0 Å². The normalized spacial score (nSPS) is 12.6. The molecule has 0 saturated heterocycles. The van der Waals surface area contributed by atoms with Crippen LogP contribution in [0, 0.1) is 0 Å². The van der Waals surface area contributed by atoms with Crippen LogP contribution in [0.25, 0.3) is 89.2 Å². The Hall–Kier alpha value is -8.14. The van der Waals surface area contributed by atoms with Gasteiger partial charge in [0.1, 0.15) is 11.2 Å². The molecule has 0 radical (unpaired) electrons. The number of furan rings is 1. The first-order chi connectivity index (χ1) is 30.7. The molecule has 290 valence electrons. The van der Waals surface area contributed by atoms with Crippen LogP contribution in [0.2, 0.25) is 0 Å². The second-order valence-electron chi connectivity index (χ2n) is 16.0. The van der Waals surface area contributed by atoms with Crippen LogP contribution in [0.15, 0.2) is 235 Å². The summed E-state index contributed by atoms with van der Waals surface area (Å²) < 4.78 is 6.21. The van der Waals surface area contributed by atoms with Gasteiger partial charge in [0.2, 0.25) is 0 Å². The molecule has 1 aliphatic carbocycles. The first kappa shape index (κ1) is 35.8. The Bertz CT molecular complexity index is 3420. The van der Waals surface area contributed by atoms with Crippen LogP contribution in [0.5, 0.6) is 0 Å². The minimum absolute atomic E-state index is 0.503. The number of rotatable bonds is 7. The minimum atomic E-state index is -0.503. The lowest BCUT2D eigenvalue weighted by Crippen LogP contribution is -2.28. The highest BCUT2D eigenvalue weighted by atomic mass is 16.3. The van der Waals surface area contributed by atoms with E-state index < -0.39 is 5.41 Å². The molecule has 2 aromatic heterocycles. The summed E-state index contributed by atoms with van der Waals surface area (Å²) in [5, 5.41) is 2.20. The van der Waals surface area contributed by atoms with Crippen molar-refractivity contribution in [1.82, 2.24) is 9.97 Å². The molecule has 62 heavy (non-hydrogen) atoms. The minimum Gasteiger partial charge on any atom is -0.456 e. The Kier molecular flexibility index (Phi) is 8.39. The van der Waals surface area contributed by atoms with Gasteiger partial charge in [0.05, 0.1) is 16.8 Å². The maximum absolute atomic E-state index is 6.21. The number of para-hydroxylation sites is 1. The van der Waals surface area contributed by atoms with E-state index in [2.05, 4.69) is 200 Å². The van der Waals surface area contributed by atoms with E-state index in [-0.39, 0.29) is 0 Å². The molecule has 1 aliphatic rings. The molecule has 11 aromatic rings. The van der Waals surface area contributed by atoms with E-state index in [1.165, 1.54) is 33.4 Å². The van der Waals surface area contributed by atoms with Crippen molar-refractivity contribution in [2.24, 2.45) is 0 Å². The summed E-state index contributed by atoms with van der Waals surface area (Å²) in [6.07, 6.45) is 0. The largest absolute Gasteiger partial charge is 0.456 e. The summed E-state index contributed by atoms with van der Waals surface area (Å²) >= 11 is 0. The molecule has 0 aliphatic heterocycles. The van der Waals surface area contributed by atoms with Gasteiger partial charge in [-0.1, -0.05) is 200 Å². The summed E-state index contributed by atoms with van der Waals surface area (Å²) in [7, 11) is 0. The van der Waals surface area contributed by atoms with E-state index in [1.54, 1.807) is 0 Å². The Morgan fingerprint density at radius 2 is 0.790 bits per heavy atom. The fraction of sp³-hybridized carbons (Fsp3) is 0.0169. The van der Waals surface area contributed by atoms with Crippen molar-refractivity contribution in [2.45, 2.75) is 5.41 Å². The topological polar surface area (TPSA) is 38.9 Å². The Labute approximate surface area is 360 Å². The van der Waals surface area contributed by atoms with Gasteiger partial charge in [-0.3, -0.25) is 0 Å². The van der Waals surface area contributed by atoms with E-state index in [0.717, 1.165) is 72.3 Å². The summed E-state index contributed by atoms with van der Waals surface area (Å²) in [4.78, 5) is 10.7. The van der Waals surface area contributed by atoms with E-state index in [0.29, 0.717) is 5.82 Å². The molecule has 0 N–H and O–H groups in total. The first-order valence-electron chi connectivity index (χ1n) is 21.1. The smallest absolute Gasteiger partial charge is 0.160 e. The van der Waals surface area contributed by atoms with Gasteiger partial charge >= 0.3 is 0 Å². The number of nitrogens with zero attached hydrogens (tertiary/aromatic N) is 2. The van der Waals surface area contributed by atoms with Gasteiger partial charge in [-0.25, -0.2) is 9.97 Å². The predicted molar refractivity (Wildman–Crippen MR) is 254 cm³/mol. The van der Waals surface area contributed by atoms with Crippen molar-refractivity contribution in [3.63, 3.8) is 0 Å². The lowest BCUT2D eigenvalue weighted by atomic mass is 9.67. The number of benzene rings is 9. The summed E-state index contributed by atoms with van der Waals surface area (Å²) in [5.41, 5.74) is 18.0. The molecule has 0 spiro atoms. The first-order valence-corrected chi connectivity index (χ1v) is 21.1. The van der Waals surface area contributed by atoms with Gasteiger partial charge in [0, 0.05) is 27.5 Å². The molecule has 0 amide bonds. The highest BCUT2D eigenvalue weighted by molar-refractivity contribution is 6.06. The van der Waals surface area contributed by atoms with E-state index in [9.17, 15) is 0 Å². The fourth-order valence-corrected chi connectivity index (χ4v) is 9.86. The molecular formula is C59H38N2O. The van der Waals surface area contributed by atoms with Gasteiger partial charge in [0.25, 0.3) is 0 Å². The molecule has 0 atom stereocenters. The number of hydrogen-bond donors (Lipinski definition) is 0. The maximum atomic E-state index is 6.21. The van der Waals surface area contributed by atoms with E-state index in [1.807, 2.05) is 30.3 Å². The second kappa shape index (κ2) is 14.5. The highest BCUT2D eigenvalue weighted by Gasteiger charge is 2.46. The van der Waals surface area contributed by atoms with Crippen LogP contribution in [-0.4, -0.2) is 9.97 Å². The monoisotopic (exact) mass is 790 g/mol. The summed E-state index contributed by atoms with van der Waals surface area (Å²) in [5.74, 6) is 0.676. The molecule has 2 heterocycles. The van der Waals surface area contributed by atoms with Crippen LogP contribution in [-0.2, 0) is 5.41 Å². The van der Waals surface area contributed by atoms with Gasteiger partial charge in [-0.05, 0) is 86.0 Å². The summed E-state index contributed by atoms with van der Waals surface area (Å²) in [6, 6.07) is 82.3. The highest BCUT2D eigenvalue weighted by Crippen LogP contribution is 2.57. The van der Waals surface area contributed by atoms with Crippen molar-refractivity contribution in [3.05, 3.63) is 253 Å². The van der Waals surface area contributed by atoms with Crippen LogP contribution in [0.3, 0.4) is 0 Å². The van der Waals surface area contributed by atoms with Gasteiger partial charge in [-0.15, -0.1) is 0 Å². The zero-order chi connectivity index (χ0) is 41.0. The molecule has 0 bridgehead atoms. The van der Waals surface area contributed by atoms with Crippen LogP contribution < -0.4 is 0 Å². The van der Waals surface area contributed by atoms with Gasteiger partial charge in [0.15, 0.2) is 5.82 Å². The molecule has 12 rings (SSSR count). The Morgan fingerprint density at radius 3 is 1.45 bits per heavy atom. The molecule has 0 fully saturated rings. The quantitative estimate of drug-likeness (QED) is 0.161. The molecule has 3 nitrogen and oxygen atoms in total. The lowest BCUT2D eigenvalue weighted by Gasteiger charge is -2.34. The third kappa shape index (κ3) is 5.67. The number of fused-ring (bicyclic) bond motifs is 6. The molecular weight excluding hydrogens is 753 g/mol. The SMILES string of the molecule is c1ccc(-c2nc(-c3ccccc3-c3ccc4c(c3)C(c3ccccc3)(c3ccccc3)c3ccccc3-4)cc(-c3ccccc3-c3ccc4oc5ccccc5c4c3)n2)cc1. The molecule has 0 saturated carbocycles. The van der Waals surface area contributed by atoms with Crippen molar-refractivity contribution in [1.29, 1.82) is 0 Å². The van der Waals surface area contributed by atoms with Crippen molar-refractivity contribution in [2.75, 3.05) is 0 Å². The van der Waals surface area contributed by atoms with Crippen molar-refractivity contribution < 1.29 is 4.42 Å². The van der Waals surface area contributed by atoms with Gasteiger partial charge in [-0.2, -0.15) is 0 Å². The zero-order valence-electron chi connectivity index (χ0n) is 33.7. The molecule has 3 heteroatoms. The average Bonchev–Trinajstić information content (AvgIpc) is 3.88. The summed E-state index contributed by atoms with van der Waals surface area (Å²) in [6.45, 7) is 0. The Morgan fingerprint density at radius 1 is 0.306 bits per heavy atom. The standard InChI is InChI=1S/C59H38N2O/c1-4-18-39(19-5-1)58-60-54(48-27-12-10-24-44(48)40-33-35-57-51(36-40)50-29-15-17-31-56(50)62-57)38-55(61-58)49-28-13-11-25-45(49)41-32-34-47-46-26-14-16-30-52(46)59(53(47)37-41,42-20-6-2-7-21-42)43-22-8-3-9-23-43/h1-38H. The third-order valence-electron chi connectivity index (χ3n) is 12.6. The van der Waals surface area contributed by atoms with E-state index >= 15 is 0 Å². The average molecular weight is 791 g/mol. The predicted octanol–water partition coefficient (Wildman–Crippen LogP) is 15.1.